The maximum atomic E-state index is 13.0. The van der Waals surface area contributed by atoms with Crippen molar-refractivity contribution >= 4 is 11.2 Å². The normalized spacial score (nSPS) is 14.2. The van der Waals surface area contributed by atoms with Crippen LogP contribution < -0.4 is 0 Å². The Morgan fingerprint density at radius 3 is 2.95 bits per heavy atom. The maximum absolute atomic E-state index is 13.0. The van der Waals surface area contributed by atoms with Crippen LogP contribution in [0.4, 0.5) is 8.78 Å². The summed E-state index contributed by atoms with van der Waals surface area (Å²) in [6.45, 7) is 0. The van der Waals surface area contributed by atoms with Crippen molar-refractivity contribution in [2.24, 2.45) is 0 Å². The van der Waals surface area contributed by atoms with Crippen LogP contribution in [0.15, 0.2) is 36.9 Å². The van der Waals surface area contributed by atoms with Gasteiger partial charge < -0.3 is 0 Å². The van der Waals surface area contributed by atoms with E-state index in [1.807, 2.05) is 6.08 Å². The molecule has 0 fully saturated rings. The summed E-state index contributed by atoms with van der Waals surface area (Å²) >= 11 is 0. The fourth-order valence-corrected chi connectivity index (χ4v) is 2.67. The van der Waals surface area contributed by atoms with Gasteiger partial charge >= 0.3 is 0 Å². The first-order valence-electron chi connectivity index (χ1n) is 6.86. The number of allylic oxidation sites excluding steroid dienone is 1. The van der Waals surface area contributed by atoms with Crippen molar-refractivity contribution < 1.29 is 10.2 Å². The Balaban J connectivity index is 0.00000156. The van der Waals surface area contributed by atoms with Gasteiger partial charge in [0.25, 0.3) is 6.43 Å². The van der Waals surface area contributed by atoms with Gasteiger partial charge in [-0.1, -0.05) is 6.08 Å². The molecule has 0 radical (unpaired) electrons. The molecule has 112 valence electrons. The summed E-state index contributed by atoms with van der Waals surface area (Å²) in [6, 6.07) is 3.47. The Kier molecular flexibility index (Phi) is 2.92. The Labute approximate surface area is 125 Å². The van der Waals surface area contributed by atoms with Gasteiger partial charge in [-0.3, -0.25) is 0 Å². The number of rotatable bonds is 2. The van der Waals surface area contributed by atoms with E-state index in [0.717, 1.165) is 35.9 Å². The third-order valence-corrected chi connectivity index (χ3v) is 3.70. The van der Waals surface area contributed by atoms with Crippen molar-refractivity contribution in [1.29, 1.82) is 0 Å². The average Bonchev–Trinajstić information content (AvgIpc) is 2.97. The minimum atomic E-state index is -2.62. The second kappa shape index (κ2) is 4.94. The highest BCUT2D eigenvalue weighted by Crippen LogP contribution is 2.29. The molecule has 22 heavy (non-hydrogen) atoms. The van der Waals surface area contributed by atoms with E-state index in [4.69, 9.17) is 0 Å². The molecule has 0 bridgehead atoms. The summed E-state index contributed by atoms with van der Waals surface area (Å²) in [7, 11) is 0. The van der Waals surface area contributed by atoms with Crippen LogP contribution in [0.3, 0.4) is 0 Å². The van der Waals surface area contributed by atoms with Gasteiger partial charge in [0.15, 0.2) is 5.65 Å². The molecule has 0 saturated carbocycles. The zero-order valence-electron chi connectivity index (χ0n) is 11.4. The van der Waals surface area contributed by atoms with Crippen molar-refractivity contribution in [1.82, 2.24) is 24.6 Å². The highest BCUT2D eigenvalue weighted by atomic mass is 19.3. The van der Waals surface area contributed by atoms with Gasteiger partial charge in [-0.15, -0.1) is 0 Å². The smallest absolute Gasteiger partial charge is 0.244 e. The molecule has 0 unspecified atom stereocenters. The number of aromatic nitrogens is 5. The largest absolute Gasteiger partial charge is 0.282 e. The van der Waals surface area contributed by atoms with Crippen LogP contribution in [0.1, 0.15) is 36.9 Å². The summed E-state index contributed by atoms with van der Waals surface area (Å²) in [5.41, 5.74) is 3.53. The lowest BCUT2D eigenvalue weighted by Gasteiger charge is -2.15. The molecule has 1 aliphatic rings. The van der Waals surface area contributed by atoms with Gasteiger partial charge in [-0.2, -0.15) is 5.10 Å². The van der Waals surface area contributed by atoms with Gasteiger partial charge in [-0.25, -0.2) is 28.2 Å². The molecular formula is C15H13F2N5. The lowest BCUT2D eigenvalue weighted by molar-refractivity contribution is 0.143. The molecule has 0 aromatic carbocycles. The molecule has 0 N–H and O–H groups in total. The van der Waals surface area contributed by atoms with E-state index < -0.39 is 6.43 Å². The number of fused-ring (bicyclic) bond motifs is 2. The van der Waals surface area contributed by atoms with Gasteiger partial charge in [0.1, 0.15) is 12.0 Å². The van der Waals surface area contributed by atoms with Crippen molar-refractivity contribution in [3.63, 3.8) is 0 Å². The average molecular weight is 301 g/mol. The summed E-state index contributed by atoms with van der Waals surface area (Å²) in [5, 5.41) is 4.33. The highest BCUT2D eigenvalue weighted by Gasteiger charge is 2.19. The van der Waals surface area contributed by atoms with E-state index in [1.54, 1.807) is 18.3 Å². The number of hydrogen-bond donors (Lipinski definition) is 0. The summed E-state index contributed by atoms with van der Waals surface area (Å²) in [5.74, 6) is 0. The van der Waals surface area contributed by atoms with Crippen molar-refractivity contribution in [3.8, 4) is 0 Å². The van der Waals surface area contributed by atoms with Crippen LogP contribution in [-0.2, 0) is 6.42 Å². The molecular weight excluding hydrogens is 288 g/mol. The zero-order chi connectivity index (χ0) is 15.1. The topological polar surface area (TPSA) is 56.0 Å². The fraction of sp³-hybridized carbons (Fsp3) is 0.200. The fourth-order valence-electron chi connectivity index (χ4n) is 2.67. The summed E-state index contributed by atoms with van der Waals surface area (Å²) < 4.78 is 27.2. The first kappa shape index (κ1) is 13.0. The van der Waals surface area contributed by atoms with Crippen molar-refractivity contribution in [2.75, 3.05) is 0 Å². The molecule has 0 amide bonds. The Morgan fingerprint density at radius 1 is 1.18 bits per heavy atom. The van der Waals surface area contributed by atoms with Crippen molar-refractivity contribution in [2.45, 2.75) is 19.3 Å². The predicted octanol–water partition coefficient (Wildman–Crippen LogP) is 3.08. The predicted molar refractivity (Wildman–Crippen MR) is 77.5 cm³/mol. The number of halogens is 2. The summed E-state index contributed by atoms with van der Waals surface area (Å²) in [6.07, 6.45) is 5.52. The zero-order valence-corrected chi connectivity index (χ0v) is 11.4. The van der Waals surface area contributed by atoms with E-state index in [1.165, 1.54) is 10.8 Å². The van der Waals surface area contributed by atoms with Gasteiger partial charge in [-0.05, 0) is 25.0 Å². The standard InChI is InChI=1S/C15H11F2N5.H2/c16-15(17)13-7-19-14-5-4-12(21-22(13)14)9-2-1-3-11-10(9)6-18-8-20-11;/h2,4-8,15H,1,3H2;1H. The maximum Gasteiger partial charge on any atom is 0.282 e. The minimum absolute atomic E-state index is 0. The van der Waals surface area contributed by atoms with E-state index in [-0.39, 0.29) is 7.12 Å². The Bertz CT molecular complexity index is 890. The molecule has 7 heteroatoms. The molecule has 5 nitrogen and oxygen atoms in total. The molecule has 0 saturated heterocycles. The quantitative estimate of drug-likeness (QED) is 0.730. The van der Waals surface area contributed by atoms with Crippen LogP contribution in [0, 0.1) is 0 Å². The molecule has 0 spiro atoms. The monoisotopic (exact) mass is 301 g/mol. The molecule has 3 aromatic heterocycles. The number of imidazole rings is 1. The van der Waals surface area contributed by atoms with Crippen LogP contribution in [0.2, 0.25) is 0 Å². The van der Waals surface area contributed by atoms with E-state index >= 15 is 0 Å². The molecule has 0 atom stereocenters. The van der Waals surface area contributed by atoms with Gasteiger partial charge in [0.2, 0.25) is 0 Å². The Hall–Kier alpha value is -2.70. The van der Waals surface area contributed by atoms with Crippen molar-refractivity contribution in [3.05, 3.63) is 59.6 Å². The molecule has 1 aliphatic carbocycles. The van der Waals surface area contributed by atoms with Gasteiger partial charge in [0, 0.05) is 18.8 Å². The third-order valence-electron chi connectivity index (χ3n) is 3.70. The third kappa shape index (κ3) is 1.97. The molecule has 0 aliphatic heterocycles. The second-order valence-electron chi connectivity index (χ2n) is 5.01. The molecule has 3 heterocycles. The first-order chi connectivity index (χ1) is 10.7. The molecule has 3 aromatic rings. The number of hydrogen-bond acceptors (Lipinski definition) is 4. The number of alkyl halides is 2. The number of nitrogens with zero attached hydrogens (tertiary/aromatic N) is 5. The van der Waals surface area contributed by atoms with Crippen LogP contribution in [0.5, 0.6) is 0 Å². The van der Waals surface area contributed by atoms with E-state index in [9.17, 15) is 8.78 Å². The van der Waals surface area contributed by atoms with Crippen LogP contribution in [-0.4, -0.2) is 24.6 Å². The lowest BCUT2D eigenvalue weighted by Crippen LogP contribution is -2.07. The first-order valence-corrected chi connectivity index (χ1v) is 6.86. The van der Waals surface area contributed by atoms with Gasteiger partial charge in [0.05, 0.1) is 17.6 Å². The van der Waals surface area contributed by atoms with E-state index in [0.29, 0.717) is 11.3 Å². The molecule has 4 rings (SSSR count). The summed E-state index contributed by atoms with van der Waals surface area (Å²) in [4.78, 5) is 12.3. The highest BCUT2D eigenvalue weighted by molar-refractivity contribution is 5.79. The SMILES string of the molecule is FC(F)c1cnc2ccc(C3=CCCc4ncncc43)nn12.[HH]. The Morgan fingerprint density at radius 2 is 2.09 bits per heavy atom. The second-order valence-corrected chi connectivity index (χ2v) is 5.01. The van der Waals surface area contributed by atoms with Crippen LogP contribution in [0.25, 0.3) is 11.2 Å². The minimum Gasteiger partial charge on any atom is -0.244 e. The van der Waals surface area contributed by atoms with E-state index in [2.05, 4.69) is 20.1 Å². The van der Waals surface area contributed by atoms with Crippen LogP contribution >= 0.6 is 0 Å². The lowest BCUT2D eigenvalue weighted by atomic mass is 9.94. The number of aryl methyl sites for hydroxylation is 1.